The van der Waals surface area contributed by atoms with Gasteiger partial charge >= 0.3 is 0 Å². The van der Waals surface area contributed by atoms with Crippen molar-refractivity contribution in [3.8, 4) is 0 Å². The highest BCUT2D eigenvalue weighted by Gasteiger charge is 2.08. The Hall–Kier alpha value is -1.27. The van der Waals surface area contributed by atoms with E-state index in [1.165, 1.54) is 0 Å². The van der Waals surface area contributed by atoms with Gasteiger partial charge in [0.2, 0.25) is 5.95 Å². The predicted octanol–water partition coefficient (Wildman–Crippen LogP) is 0.391. The lowest BCUT2D eigenvalue weighted by molar-refractivity contribution is 0.183. The Morgan fingerprint density at radius 3 is 2.73 bits per heavy atom. The van der Waals surface area contributed by atoms with E-state index in [0.29, 0.717) is 19.1 Å². The molecule has 1 heterocycles. The number of nitrogens with zero attached hydrogens (tertiary/aromatic N) is 2. The number of rotatable bonds is 6. The number of nitrogens with two attached hydrogens (primary N) is 1. The van der Waals surface area contributed by atoms with Crippen LogP contribution in [0.5, 0.6) is 0 Å². The third-order valence-electron chi connectivity index (χ3n) is 1.84. The van der Waals surface area contributed by atoms with Crippen molar-refractivity contribution in [3.05, 3.63) is 18.2 Å². The number of nitrogens with one attached hydrogen (secondary N) is 1. The van der Waals surface area contributed by atoms with Gasteiger partial charge < -0.3 is 15.8 Å². The van der Waals surface area contributed by atoms with Gasteiger partial charge in [-0.3, -0.25) is 0 Å². The van der Waals surface area contributed by atoms with E-state index in [1.54, 1.807) is 7.11 Å². The van der Waals surface area contributed by atoms with Crippen LogP contribution < -0.4 is 11.1 Å². The minimum Gasteiger partial charge on any atom is -0.383 e. The molecule has 1 aromatic heterocycles. The van der Waals surface area contributed by atoms with Crippen molar-refractivity contribution < 1.29 is 9.13 Å². The number of hydrogen-bond acceptors (Lipinski definition) is 5. The Morgan fingerprint density at radius 2 is 2.20 bits per heavy atom. The maximum Gasteiger partial charge on any atom is 0.223 e. The minimum atomic E-state index is -0.456. The van der Waals surface area contributed by atoms with E-state index in [-0.39, 0.29) is 6.04 Å². The average Bonchev–Trinajstić information content (AvgIpc) is 2.22. The molecule has 1 unspecified atom stereocenters. The zero-order valence-corrected chi connectivity index (χ0v) is 8.61. The molecule has 0 saturated heterocycles. The molecule has 3 N–H and O–H groups in total. The molecule has 1 aromatic rings. The van der Waals surface area contributed by atoms with Crippen LogP contribution in [0.3, 0.4) is 0 Å². The maximum absolute atomic E-state index is 12.5. The van der Waals surface area contributed by atoms with Crippen molar-refractivity contribution >= 4 is 5.95 Å². The first-order chi connectivity index (χ1) is 7.26. The summed E-state index contributed by atoms with van der Waals surface area (Å²) >= 11 is 0. The topological polar surface area (TPSA) is 73.1 Å². The summed E-state index contributed by atoms with van der Waals surface area (Å²) < 4.78 is 17.5. The van der Waals surface area contributed by atoms with Crippen LogP contribution in [0.15, 0.2) is 12.4 Å². The first-order valence-electron chi connectivity index (χ1n) is 4.69. The van der Waals surface area contributed by atoms with E-state index in [1.807, 2.05) is 0 Å². The van der Waals surface area contributed by atoms with Crippen LogP contribution in [0.2, 0.25) is 0 Å². The largest absolute Gasteiger partial charge is 0.383 e. The van der Waals surface area contributed by atoms with Gasteiger partial charge in [-0.05, 0) is 13.0 Å². The third kappa shape index (κ3) is 4.18. The molecule has 0 fully saturated rings. The summed E-state index contributed by atoms with van der Waals surface area (Å²) in [5, 5.41) is 3.01. The first kappa shape index (κ1) is 11.8. The lowest BCUT2D eigenvalue weighted by Gasteiger charge is -2.16. The average molecular weight is 214 g/mol. The first-order valence-corrected chi connectivity index (χ1v) is 4.69. The quantitative estimate of drug-likeness (QED) is 0.716. The highest BCUT2D eigenvalue weighted by Crippen LogP contribution is 2.03. The normalized spacial score (nSPS) is 12.5. The molecule has 15 heavy (non-hydrogen) atoms. The smallest absolute Gasteiger partial charge is 0.223 e. The van der Waals surface area contributed by atoms with Gasteiger partial charge in [0.1, 0.15) is 0 Å². The van der Waals surface area contributed by atoms with Crippen LogP contribution in [-0.2, 0) is 4.74 Å². The number of hydrogen-bond donors (Lipinski definition) is 2. The van der Waals surface area contributed by atoms with E-state index in [4.69, 9.17) is 10.5 Å². The Kier molecular flexibility index (Phi) is 4.92. The predicted molar refractivity (Wildman–Crippen MR) is 54.9 cm³/mol. The number of halogens is 1. The summed E-state index contributed by atoms with van der Waals surface area (Å²) in [5.41, 5.74) is 5.44. The summed E-state index contributed by atoms with van der Waals surface area (Å²) in [5.74, 6) is -0.0745. The molecule has 0 saturated carbocycles. The number of methoxy groups -OCH3 is 1. The molecule has 0 aliphatic heterocycles. The molecule has 5 nitrogen and oxygen atoms in total. The van der Waals surface area contributed by atoms with Crippen molar-refractivity contribution in [3.63, 3.8) is 0 Å². The van der Waals surface area contributed by atoms with Crippen LogP contribution >= 0.6 is 0 Å². The summed E-state index contributed by atoms with van der Waals surface area (Å²) in [6, 6.07) is 0.0467. The fourth-order valence-electron chi connectivity index (χ4n) is 1.17. The monoisotopic (exact) mass is 214 g/mol. The summed E-state index contributed by atoms with van der Waals surface area (Å²) in [4.78, 5) is 7.58. The lowest BCUT2D eigenvalue weighted by atomic mass is 10.2. The van der Waals surface area contributed by atoms with Crippen LogP contribution in [0, 0.1) is 5.82 Å². The van der Waals surface area contributed by atoms with Gasteiger partial charge in [0.25, 0.3) is 0 Å². The number of anilines is 1. The Labute approximate surface area is 87.9 Å². The second-order valence-electron chi connectivity index (χ2n) is 3.10. The van der Waals surface area contributed by atoms with E-state index >= 15 is 0 Å². The van der Waals surface area contributed by atoms with Gasteiger partial charge in [0.15, 0.2) is 5.82 Å². The van der Waals surface area contributed by atoms with Crippen molar-refractivity contribution in [2.75, 3.05) is 25.6 Å². The van der Waals surface area contributed by atoms with Crippen molar-refractivity contribution in [2.45, 2.75) is 12.5 Å². The van der Waals surface area contributed by atoms with Gasteiger partial charge in [0, 0.05) is 7.11 Å². The molecular formula is C9H15FN4O. The van der Waals surface area contributed by atoms with Gasteiger partial charge in [-0.2, -0.15) is 0 Å². The Balaban J connectivity index is 2.53. The van der Waals surface area contributed by atoms with Crippen LogP contribution in [-0.4, -0.2) is 36.3 Å². The standard InChI is InChI=1S/C9H15FN4O/c1-15-6-8(2-3-11)14-9-12-4-7(10)5-13-9/h4-5,8H,2-3,6,11H2,1H3,(H,12,13,14). The molecule has 0 spiro atoms. The van der Waals surface area contributed by atoms with Gasteiger partial charge in [0.05, 0.1) is 25.0 Å². The molecule has 0 radical (unpaired) electrons. The molecule has 0 aliphatic carbocycles. The van der Waals surface area contributed by atoms with Crippen LogP contribution in [0.4, 0.5) is 10.3 Å². The van der Waals surface area contributed by atoms with Gasteiger partial charge in [-0.15, -0.1) is 0 Å². The SMILES string of the molecule is COCC(CCN)Nc1ncc(F)cn1. The van der Waals surface area contributed by atoms with Crippen LogP contribution in [0.1, 0.15) is 6.42 Å². The van der Waals surface area contributed by atoms with E-state index in [9.17, 15) is 4.39 Å². The second-order valence-corrected chi connectivity index (χ2v) is 3.10. The number of ether oxygens (including phenoxy) is 1. The summed E-state index contributed by atoms with van der Waals surface area (Å²) in [7, 11) is 1.61. The van der Waals surface area contributed by atoms with Crippen molar-refractivity contribution in [1.29, 1.82) is 0 Å². The Bertz CT molecular complexity index is 274. The lowest BCUT2D eigenvalue weighted by Crippen LogP contribution is -2.28. The fraction of sp³-hybridized carbons (Fsp3) is 0.556. The Morgan fingerprint density at radius 1 is 1.53 bits per heavy atom. The molecule has 84 valence electrons. The zero-order chi connectivity index (χ0) is 11.1. The third-order valence-corrected chi connectivity index (χ3v) is 1.84. The van der Waals surface area contributed by atoms with Gasteiger partial charge in [-0.1, -0.05) is 0 Å². The highest BCUT2D eigenvalue weighted by molar-refractivity contribution is 5.24. The van der Waals surface area contributed by atoms with Crippen LogP contribution in [0.25, 0.3) is 0 Å². The van der Waals surface area contributed by atoms with E-state index in [2.05, 4.69) is 15.3 Å². The zero-order valence-electron chi connectivity index (χ0n) is 8.61. The molecule has 0 aliphatic rings. The maximum atomic E-state index is 12.5. The van der Waals surface area contributed by atoms with E-state index in [0.717, 1.165) is 18.8 Å². The highest BCUT2D eigenvalue weighted by atomic mass is 19.1. The van der Waals surface area contributed by atoms with Gasteiger partial charge in [-0.25, -0.2) is 14.4 Å². The molecule has 0 aromatic carbocycles. The fourth-order valence-corrected chi connectivity index (χ4v) is 1.17. The summed E-state index contributed by atoms with van der Waals surface area (Å²) in [6.45, 7) is 1.06. The molecule has 0 amide bonds. The van der Waals surface area contributed by atoms with Crippen molar-refractivity contribution in [1.82, 2.24) is 9.97 Å². The number of aromatic nitrogens is 2. The van der Waals surface area contributed by atoms with E-state index < -0.39 is 5.82 Å². The second kappa shape index (κ2) is 6.26. The summed E-state index contributed by atoms with van der Waals surface area (Å²) in [6.07, 6.45) is 2.97. The molecule has 0 bridgehead atoms. The molecule has 1 atom stereocenters. The minimum absolute atomic E-state index is 0.0467. The molecule has 1 rings (SSSR count). The molecular weight excluding hydrogens is 199 g/mol. The van der Waals surface area contributed by atoms with Crippen molar-refractivity contribution in [2.24, 2.45) is 5.73 Å². The molecule has 6 heteroatoms.